The number of nitrogens with two attached hydrogens (primary N) is 1. The van der Waals surface area contributed by atoms with Gasteiger partial charge in [-0.15, -0.1) is 0 Å². The van der Waals surface area contributed by atoms with Crippen molar-refractivity contribution < 1.29 is 0 Å². The zero-order valence-electron chi connectivity index (χ0n) is 10.6. The van der Waals surface area contributed by atoms with E-state index < -0.39 is 0 Å². The maximum absolute atomic E-state index is 5.52. The van der Waals surface area contributed by atoms with Crippen LogP contribution >= 0.6 is 0 Å². The monoisotopic (exact) mass is 242 g/mol. The van der Waals surface area contributed by atoms with Crippen LogP contribution in [0.3, 0.4) is 0 Å². The summed E-state index contributed by atoms with van der Waals surface area (Å²) in [6.45, 7) is 2.60. The van der Waals surface area contributed by atoms with Gasteiger partial charge >= 0.3 is 0 Å². The molecule has 4 nitrogen and oxygen atoms in total. The van der Waals surface area contributed by atoms with Crippen LogP contribution in [0.5, 0.6) is 0 Å². The predicted octanol–water partition coefficient (Wildman–Crippen LogP) is 2.42. The molecule has 3 N–H and O–H groups in total. The van der Waals surface area contributed by atoms with Crippen LogP contribution in [-0.2, 0) is 6.42 Å². The Hall–Kier alpha value is -1.94. The molecule has 0 saturated carbocycles. The topological polar surface area (TPSA) is 63.8 Å². The van der Waals surface area contributed by atoms with E-state index in [2.05, 4.69) is 27.4 Å². The normalized spacial score (nSPS) is 10.3. The number of rotatable bonds is 5. The first-order chi connectivity index (χ1) is 8.78. The van der Waals surface area contributed by atoms with E-state index in [0.717, 1.165) is 36.7 Å². The maximum Gasteiger partial charge on any atom is 0.134 e. The quantitative estimate of drug-likeness (QED) is 0.845. The Morgan fingerprint density at radius 2 is 2.17 bits per heavy atom. The Morgan fingerprint density at radius 1 is 1.28 bits per heavy atom. The van der Waals surface area contributed by atoms with Crippen molar-refractivity contribution in [2.24, 2.45) is 5.73 Å². The van der Waals surface area contributed by atoms with Crippen molar-refractivity contribution in [3.63, 3.8) is 0 Å². The molecular weight excluding hydrogens is 224 g/mol. The smallest absolute Gasteiger partial charge is 0.134 e. The largest absolute Gasteiger partial charge is 0.340 e. The number of benzene rings is 1. The van der Waals surface area contributed by atoms with Crippen LogP contribution in [0.1, 0.15) is 17.8 Å². The third-order valence-electron chi connectivity index (χ3n) is 2.64. The fourth-order valence-electron chi connectivity index (χ4n) is 1.78. The highest BCUT2D eigenvalue weighted by Gasteiger charge is 1.98. The molecule has 0 aliphatic carbocycles. The lowest BCUT2D eigenvalue weighted by atomic mass is 10.1. The molecular formula is C14H18N4. The molecule has 0 fully saturated rings. The zero-order valence-corrected chi connectivity index (χ0v) is 10.6. The van der Waals surface area contributed by atoms with E-state index in [4.69, 9.17) is 5.73 Å². The minimum atomic E-state index is 0.725. The van der Waals surface area contributed by atoms with Gasteiger partial charge in [-0.25, -0.2) is 9.97 Å². The molecule has 1 heterocycles. The third kappa shape index (κ3) is 3.53. The van der Waals surface area contributed by atoms with Crippen LogP contribution < -0.4 is 11.1 Å². The van der Waals surface area contributed by atoms with E-state index >= 15 is 0 Å². The summed E-state index contributed by atoms with van der Waals surface area (Å²) in [6.07, 6.45) is 3.77. The molecule has 0 bridgehead atoms. The van der Waals surface area contributed by atoms with Gasteiger partial charge in [0.2, 0.25) is 0 Å². The summed E-state index contributed by atoms with van der Waals surface area (Å²) in [7, 11) is 0. The fourth-order valence-corrected chi connectivity index (χ4v) is 1.78. The van der Waals surface area contributed by atoms with Crippen molar-refractivity contribution in [2.75, 3.05) is 11.9 Å². The van der Waals surface area contributed by atoms with Gasteiger partial charge in [0, 0.05) is 11.9 Å². The lowest BCUT2D eigenvalue weighted by molar-refractivity contribution is 0.833. The van der Waals surface area contributed by atoms with Gasteiger partial charge in [0.25, 0.3) is 0 Å². The number of aromatic nitrogens is 2. The Labute approximate surface area is 107 Å². The van der Waals surface area contributed by atoms with E-state index in [1.165, 1.54) is 5.56 Å². The van der Waals surface area contributed by atoms with Crippen molar-refractivity contribution in [3.8, 4) is 0 Å². The summed E-state index contributed by atoms with van der Waals surface area (Å²) < 4.78 is 0. The van der Waals surface area contributed by atoms with Crippen LogP contribution in [0, 0.1) is 6.92 Å². The Kier molecular flexibility index (Phi) is 4.25. The number of nitrogens with one attached hydrogen (secondary N) is 1. The molecule has 0 aliphatic heterocycles. The first kappa shape index (κ1) is 12.5. The second kappa shape index (κ2) is 6.12. The van der Waals surface area contributed by atoms with Gasteiger partial charge in [-0.1, -0.05) is 12.1 Å². The van der Waals surface area contributed by atoms with Crippen molar-refractivity contribution in [1.82, 2.24) is 9.97 Å². The molecule has 1 aromatic carbocycles. The van der Waals surface area contributed by atoms with Gasteiger partial charge in [-0.2, -0.15) is 0 Å². The van der Waals surface area contributed by atoms with Crippen molar-refractivity contribution >= 4 is 11.5 Å². The van der Waals surface area contributed by atoms with E-state index in [-0.39, 0.29) is 0 Å². The molecule has 1 aromatic heterocycles. The lowest BCUT2D eigenvalue weighted by Gasteiger charge is -2.07. The second-order valence-corrected chi connectivity index (χ2v) is 4.21. The predicted molar refractivity (Wildman–Crippen MR) is 73.9 cm³/mol. The van der Waals surface area contributed by atoms with Crippen molar-refractivity contribution in [2.45, 2.75) is 19.8 Å². The van der Waals surface area contributed by atoms with E-state index in [0.29, 0.717) is 0 Å². The van der Waals surface area contributed by atoms with Crippen LogP contribution in [0.2, 0.25) is 0 Å². The Bertz CT molecular complexity index is 511. The minimum absolute atomic E-state index is 0.725. The lowest BCUT2D eigenvalue weighted by Crippen LogP contribution is -2.01. The summed E-state index contributed by atoms with van der Waals surface area (Å²) in [5.41, 5.74) is 7.85. The number of hydrogen-bond donors (Lipinski definition) is 2. The zero-order chi connectivity index (χ0) is 12.8. The molecule has 0 spiro atoms. The maximum atomic E-state index is 5.52. The minimum Gasteiger partial charge on any atom is -0.340 e. The molecule has 0 amide bonds. The van der Waals surface area contributed by atoms with Gasteiger partial charge in [0.1, 0.15) is 11.6 Å². The van der Waals surface area contributed by atoms with Gasteiger partial charge in [0.05, 0.1) is 0 Å². The molecule has 94 valence electrons. The molecule has 0 unspecified atom stereocenters. The molecule has 0 aliphatic rings. The van der Waals surface area contributed by atoms with Crippen LogP contribution in [0.4, 0.5) is 11.5 Å². The van der Waals surface area contributed by atoms with Gasteiger partial charge in [-0.3, -0.25) is 0 Å². The van der Waals surface area contributed by atoms with Gasteiger partial charge in [0.15, 0.2) is 0 Å². The summed E-state index contributed by atoms with van der Waals surface area (Å²) in [5.74, 6) is 1.58. The number of hydrogen-bond acceptors (Lipinski definition) is 4. The number of anilines is 2. The van der Waals surface area contributed by atoms with E-state index in [1.54, 1.807) is 6.20 Å². The highest BCUT2D eigenvalue weighted by atomic mass is 15.0. The number of aryl methyl sites for hydroxylation is 2. The molecule has 0 radical (unpaired) electrons. The standard InChI is InChI=1S/C14H18N4/c1-11-16-9-7-14(17-11)18-13-6-2-4-12(10-13)5-3-8-15/h2,4,6-7,9-10H,3,5,8,15H2,1H3,(H,16,17,18). The van der Waals surface area contributed by atoms with Crippen LogP contribution in [-0.4, -0.2) is 16.5 Å². The number of nitrogens with zero attached hydrogens (tertiary/aromatic N) is 2. The highest BCUT2D eigenvalue weighted by Crippen LogP contribution is 2.16. The molecule has 2 rings (SSSR count). The van der Waals surface area contributed by atoms with Crippen LogP contribution in [0.25, 0.3) is 0 Å². The molecule has 4 heteroatoms. The SMILES string of the molecule is Cc1nccc(Nc2cccc(CCCN)c2)n1. The summed E-state index contributed by atoms with van der Waals surface area (Å²) in [6, 6.07) is 10.2. The Balaban J connectivity index is 2.09. The fraction of sp³-hybridized carbons (Fsp3) is 0.286. The van der Waals surface area contributed by atoms with E-state index in [1.807, 2.05) is 25.1 Å². The van der Waals surface area contributed by atoms with Crippen molar-refractivity contribution in [1.29, 1.82) is 0 Å². The van der Waals surface area contributed by atoms with Crippen molar-refractivity contribution in [3.05, 3.63) is 47.9 Å². The second-order valence-electron chi connectivity index (χ2n) is 4.21. The highest BCUT2D eigenvalue weighted by molar-refractivity contribution is 5.56. The summed E-state index contributed by atoms with van der Waals surface area (Å²) >= 11 is 0. The summed E-state index contributed by atoms with van der Waals surface area (Å²) in [5, 5.41) is 3.28. The molecule has 0 atom stereocenters. The van der Waals surface area contributed by atoms with E-state index in [9.17, 15) is 0 Å². The first-order valence-corrected chi connectivity index (χ1v) is 6.13. The first-order valence-electron chi connectivity index (χ1n) is 6.13. The molecule has 2 aromatic rings. The molecule has 18 heavy (non-hydrogen) atoms. The third-order valence-corrected chi connectivity index (χ3v) is 2.64. The summed E-state index contributed by atoms with van der Waals surface area (Å²) in [4.78, 5) is 8.39. The molecule has 0 saturated heterocycles. The average molecular weight is 242 g/mol. The van der Waals surface area contributed by atoms with Crippen LogP contribution in [0.15, 0.2) is 36.5 Å². The Morgan fingerprint density at radius 3 is 2.94 bits per heavy atom. The van der Waals surface area contributed by atoms with Gasteiger partial charge in [-0.05, 0) is 50.1 Å². The van der Waals surface area contributed by atoms with Gasteiger partial charge < -0.3 is 11.1 Å². The average Bonchev–Trinajstić information content (AvgIpc) is 2.37.